The van der Waals surface area contributed by atoms with Crippen molar-refractivity contribution in [2.75, 3.05) is 0 Å². The molecule has 166 valence electrons. The fourth-order valence-electron chi connectivity index (χ4n) is 5.15. The first-order valence-electron chi connectivity index (χ1n) is 11.4. The number of nitrogens with zero attached hydrogens (tertiary/aromatic N) is 4. The molecule has 0 saturated carbocycles. The fourth-order valence-corrected chi connectivity index (χ4v) is 5.15. The Balaban J connectivity index is 1.81. The second-order valence-corrected chi connectivity index (χ2v) is 8.96. The first kappa shape index (κ1) is 20.4. The number of pyridine rings is 1. The van der Waals surface area contributed by atoms with Crippen molar-refractivity contribution < 1.29 is 0 Å². The summed E-state index contributed by atoms with van der Waals surface area (Å²) in [5, 5.41) is 0. The van der Waals surface area contributed by atoms with E-state index in [4.69, 9.17) is 9.97 Å². The molecule has 1 N–H and O–H groups in total. The molecule has 0 amide bonds. The van der Waals surface area contributed by atoms with Crippen LogP contribution in [0.4, 0.5) is 0 Å². The maximum absolute atomic E-state index is 5.01. The van der Waals surface area contributed by atoms with Crippen molar-refractivity contribution in [2.24, 2.45) is 7.05 Å². The summed E-state index contributed by atoms with van der Waals surface area (Å²) >= 11 is 0. The normalized spacial score (nSPS) is 12.8. The molecule has 0 aliphatic carbocycles. The zero-order chi connectivity index (χ0) is 23.4. The minimum atomic E-state index is 0.927. The van der Waals surface area contributed by atoms with Crippen molar-refractivity contribution in [2.45, 2.75) is 20.8 Å². The lowest BCUT2D eigenvalue weighted by Gasteiger charge is -2.04. The van der Waals surface area contributed by atoms with Crippen molar-refractivity contribution in [1.82, 2.24) is 24.5 Å². The molecule has 0 radical (unpaired) electrons. The van der Waals surface area contributed by atoms with Crippen molar-refractivity contribution in [1.29, 1.82) is 0 Å². The maximum Gasteiger partial charge on any atom is 0.0716 e. The van der Waals surface area contributed by atoms with Gasteiger partial charge in [-0.15, -0.1) is 0 Å². The summed E-state index contributed by atoms with van der Waals surface area (Å²) in [5.74, 6) is 0. The lowest BCUT2D eigenvalue weighted by molar-refractivity contribution is 0.999. The highest BCUT2D eigenvalue weighted by Crippen LogP contribution is 2.36. The van der Waals surface area contributed by atoms with Gasteiger partial charge in [-0.05, 0) is 104 Å². The molecule has 5 nitrogen and oxygen atoms in total. The van der Waals surface area contributed by atoms with Gasteiger partial charge in [0, 0.05) is 41.6 Å². The number of aromatic amines is 1. The zero-order valence-corrected chi connectivity index (χ0v) is 19.7. The Kier molecular flexibility index (Phi) is 4.59. The first-order chi connectivity index (χ1) is 16.5. The molecule has 0 saturated heterocycles. The Bertz CT molecular complexity index is 1680. The van der Waals surface area contributed by atoms with Crippen LogP contribution >= 0.6 is 0 Å². The highest BCUT2D eigenvalue weighted by Gasteiger charge is 2.18. The Morgan fingerprint density at radius 2 is 1.44 bits per heavy atom. The van der Waals surface area contributed by atoms with Crippen LogP contribution in [-0.2, 0) is 7.05 Å². The molecule has 0 aromatic carbocycles. The standard InChI is InChI=1S/C29H25N5/c1-17-13-25-15-23-6-5-21(31-23)14-22-7-8-24(32-22)16-26-27(20-9-11-30-12-10-20)18(2)29(34(26)4)19(3)28(17)33-25/h5-16,31H,1-4H3. The Hall–Kier alpha value is -4.25. The molecule has 4 aromatic heterocycles. The van der Waals surface area contributed by atoms with E-state index in [-0.39, 0.29) is 0 Å². The van der Waals surface area contributed by atoms with E-state index in [0.29, 0.717) is 0 Å². The van der Waals surface area contributed by atoms with Crippen LogP contribution in [0.15, 0.2) is 54.9 Å². The number of allylic oxidation sites excluding steroid dienone is 1. The van der Waals surface area contributed by atoms with Gasteiger partial charge in [0.15, 0.2) is 0 Å². The molecule has 4 aromatic rings. The third kappa shape index (κ3) is 3.28. The second-order valence-electron chi connectivity index (χ2n) is 8.96. The topological polar surface area (TPSA) is 59.4 Å². The van der Waals surface area contributed by atoms with Crippen LogP contribution < -0.4 is 0 Å². The minimum Gasteiger partial charge on any atom is -0.355 e. The van der Waals surface area contributed by atoms with Gasteiger partial charge in [0.2, 0.25) is 0 Å². The van der Waals surface area contributed by atoms with E-state index >= 15 is 0 Å². The molecule has 5 heteroatoms. The van der Waals surface area contributed by atoms with Gasteiger partial charge in [-0.25, -0.2) is 9.97 Å². The molecule has 2 aliphatic heterocycles. The summed E-state index contributed by atoms with van der Waals surface area (Å²) in [6.45, 7) is 6.50. The number of H-pyrrole nitrogens is 1. The van der Waals surface area contributed by atoms with Crippen molar-refractivity contribution in [3.63, 3.8) is 0 Å². The predicted octanol–water partition coefficient (Wildman–Crippen LogP) is 6.73. The van der Waals surface area contributed by atoms with E-state index in [1.54, 1.807) is 0 Å². The van der Waals surface area contributed by atoms with Gasteiger partial charge in [0.25, 0.3) is 0 Å². The second kappa shape index (κ2) is 7.66. The van der Waals surface area contributed by atoms with Crippen LogP contribution in [0.2, 0.25) is 0 Å². The average Bonchev–Trinajstić information content (AvgIpc) is 3.58. The lowest BCUT2D eigenvalue weighted by atomic mass is 10.0. The Morgan fingerprint density at radius 1 is 0.765 bits per heavy atom. The molecule has 0 spiro atoms. The van der Waals surface area contributed by atoms with Gasteiger partial charge in [-0.3, -0.25) is 4.98 Å². The third-order valence-corrected chi connectivity index (χ3v) is 6.65. The zero-order valence-electron chi connectivity index (χ0n) is 19.7. The largest absolute Gasteiger partial charge is 0.355 e. The number of fused-ring (bicyclic) bond motifs is 8. The van der Waals surface area contributed by atoms with Crippen LogP contribution in [0, 0.1) is 13.8 Å². The maximum atomic E-state index is 5.01. The van der Waals surface area contributed by atoms with Gasteiger partial charge in [0.05, 0.1) is 28.3 Å². The highest BCUT2D eigenvalue weighted by molar-refractivity contribution is 5.94. The molecule has 0 fully saturated rings. The Morgan fingerprint density at radius 3 is 2.18 bits per heavy atom. The number of rotatable bonds is 1. The summed E-state index contributed by atoms with van der Waals surface area (Å²) in [6, 6.07) is 14.6. The summed E-state index contributed by atoms with van der Waals surface area (Å²) < 4.78 is 2.28. The number of nitrogens with one attached hydrogen (secondary N) is 1. The SMILES string of the molecule is CC1=Cc2cc3ccc(cc4nc(cc5c(-c6ccncc6)c(C)c(c(C)c1n2)n5C)C=C4)[nH]3. The van der Waals surface area contributed by atoms with E-state index in [9.17, 15) is 0 Å². The smallest absolute Gasteiger partial charge is 0.0716 e. The van der Waals surface area contributed by atoms with Crippen molar-refractivity contribution in [3.05, 3.63) is 88.8 Å². The third-order valence-electron chi connectivity index (χ3n) is 6.65. The highest BCUT2D eigenvalue weighted by atomic mass is 14.9. The molecule has 6 rings (SSSR count). The summed E-state index contributed by atoms with van der Waals surface area (Å²) in [6.07, 6.45) is 9.98. The van der Waals surface area contributed by atoms with Crippen LogP contribution in [0.3, 0.4) is 0 Å². The van der Waals surface area contributed by atoms with E-state index in [1.165, 1.54) is 22.2 Å². The number of aromatic nitrogens is 5. The summed E-state index contributed by atoms with van der Waals surface area (Å²) in [5.41, 5.74) is 14.1. The van der Waals surface area contributed by atoms with Gasteiger partial charge in [0.1, 0.15) is 0 Å². The predicted molar refractivity (Wildman–Crippen MR) is 141 cm³/mol. The van der Waals surface area contributed by atoms with Gasteiger partial charge in [-0.2, -0.15) is 0 Å². The lowest BCUT2D eigenvalue weighted by Crippen LogP contribution is -1.93. The number of aryl methyl sites for hydroxylation is 3. The van der Waals surface area contributed by atoms with E-state index in [0.717, 1.165) is 50.5 Å². The van der Waals surface area contributed by atoms with Crippen LogP contribution in [-0.4, -0.2) is 24.5 Å². The monoisotopic (exact) mass is 443 g/mol. The minimum absolute atomic E-state index is 0.927. The van der Waals surface area contributed by atoms with E-state index in [1.807, 2.05) is 12.4 Å². The Labute approximate surface area is 198 Å². The van der Waals surface area contributed by atoms with Crippen molar-refractivity contribution >= 4 is 45.9 Å². The fraction of sp³-hybridized carbons (Fsp3) is 0.138. The molecular weight excluding hydrogens is 418 g/mol. The quantitative estimate of drug-likeness (QED) is 0.312. The van der Waals surface area contributed by atoms with Crippen LogP contribution in [0.5, 0.6) is 0 Å². The molecule has 6 heterocycles. The molecule has 34 heavy (non-hydrogen) atoms. The summed E-state index contributed by atoms with van der Waals surface area (Å²) in [4.78, 5) is 17.6. The van der Waals surface area contributed by atoms with Gasteiger partial charge >= 0.3 is 0 Å². The van der Waals surface area contributed by atoms with Crippen LogP contribution in [0.25, 0.3) is 57.0 Å². The average molecular weight is 444 g/mol. The van der Waals surface area contributed by atoms with Gasteiger partial charge in [-0.1, -0.05) is 0 Å². The van der Waals surface area contributed by atoms with E-state index < -0.39 is 0 Å². The van der Waals surface area contributed by atoms with Crippen molar-refractivity contribution in [3.8, 4) is 11.1 Å². The molecule has 0 unspecified atom stereocenters. The first-order valence-corrected chi connectivity index (χ1v) is 11.4. The molecule has 0 atom stereocenters. The van der Waals surface area contributed by atoms with Crippen LogP contribution in [0.1, 0.15) is 40.8 Å². The molecular formula is C29H25N5. The summed E-state index contributed by atoms with van der Waals surface area (Å²) in [7, 11) is 2.13. The molecule has 2 aliphatic rings. The van der Waals surface area contributed by atoms with Gasteiger partial charge < -0.3 is 9.55 Å². The number of hydrogen-bond donors (Lipinski definition) is 1. The van der Waals surface area contributed by atoms with E-state index in [2.05, 4.69) is 103 Å². The molecule has 8 bridgehead atoms. The number of hydrogen-bond acceptors (Lipinski definition) is 3.